The van der Waals surface area contributed by atoms with E-state index in [-0.39, 0.29) is 11.7 Å². The number of halogens is 3. The van der Waals surface area contributed by atoms with Crippen molar-refractivity contribution in [2.24, 2.45) is 5.41 Å². The Balaban J connectivity index is 2.35. The van der Waals surface area contributed by atoms with Crippen LogP contribution in [0.2, 0.25) is 0 Å². The Morgan fingerprint density at radius 1 is 1.20 bits per heavy atom. The van der Waals surface area contributed by atoms with E-state index in [4.69, 9.17) is 14.6 Å². The van der Waals surface area contributed by atoms with Crippen LogP contribution < -0.4 is 4.74 Å². The topological polar surface area (TPSA) is 55.8 Å². The second-order valence-corrected chi connectivity index (χ2v) is 7.37. The zero-order chi connectivity index (χ0) is 18.8. The lowest BCUT2D eigenvalue weighted by atomic mass is 9.95. The molecule has 1 aliphatic carbocycles. The summed E-state index contributed by atoms with van der Waals surface area (Å²) in [6.45, 7) is 5.42. The van der Waals surface area contributed by atoms with Gasteiger partial charge < -0.3 is 14.6 Å². The standard InChI is InChI=1S/C18H23F3O4/c1-17(2,3)16(24-12-6-4-5-7-12)25-14-10-11(15(22)23)8-9-13(14)18(19,20)21/h8-10,12,16H,4-7H2,1-3H3,(H,22,23). The molecule has 0 amide bonds. The number of rotatable bonds is 5. The predicted molar refractivity (Wildman–Crippen MR) is 85.6 cm³/mol. The van der Waals surface area contributed by atoms with Gasteiger partial charge in [-0.2, -0.15) is 13.2 Å². The van der Waals surface area contributed by atoms with Gasteiger partial charge in [0.15, 0.2) is 0 Å². The van der Waals surface area contributed by atoms with Crippen LogP contribution in [-0.2, 0) is 10.9 Å². The van der Waals surface area contributed by atoms with Crippen LogP contribution in [0.3, 0.4) is 0 Å². The number of hydrogen-bond donors (Lipinski definition) is 1. The molecular formula is C18H23F3O4. The molecule has 1 saturated carbocycles. The van der Waals surface area contributed by atoms with Crippen LogP contribution >= 0.6 is 0 Å². The van der Waals surface area contributed by atoms with Gasteiger partial charge in [0.1, 0.15) is 5.75 Å². The molecule has 0 heterocycles. The number of aromatic carboxylic acids is 1. The zero-order valence-electron chi connectivity index (χ0n) is 14.5. The number of carboxylic acids is 1. The normalized spacial score (nSPS) is 17.5. The quantitative estimate of drug-likeness (QED) is 0.741. The van der Waals surface area contributed by atoms with Gasteiger partial charge >= 0.3 is 12.1 Å². The minimum absolute atomic E-state index is 0.0544. The molecule has 0 aromatic heterocycles. The van der Waals surface area contributed by atoms with Crippen LogP contribution in [0.15, 0.2) is 18.2 Å². The van der Waals surface area contributed by atoms with Gasteiger partial charge in [0.05, 0.1) is 17.2 Å². The highest BCUT2D eigenvalue weighted by Gasteiger charge is 2.38. The minimum atomic E-state index is -4.65. The summed E-state index contributed by atoms with van der Waals surface area (Å²) in [5.41, 5.74) is -1.86. The van der Waals surface area contributed by atoms with Crippen molar-refractivity contribution in [3.63, 3.8) is 0 Å². The van der Waals surface area contributed by atoms with Crippen molar-refractivity contribution in [3.8, 4) is 5.75 Å². The van der Waals surface area contributed by atoms with Gasteiger partial charge in [-0.3, -0.25) is 0 Å². The van der Waals surface area contributed by atoms with E-state index in [0.717, 1.165) is 43.9 Å². The third-order valence-corrected chi connectivity index (χ3v) is 4.09. The summed E-state index contributed by atoms with van der Waals surface area (Å²) in [7, 11) is 0. The van der Waals surface area contributed by atoms with Gasteiger partial charge in [-0.25, -0.2) is 4.79 Å². The molecule has 1 aromatic rings. The maximum absolute atomic E-state index is 13.3. The number of ether oxygens (including phenoxy) is 2. The molecule has 1 aromatic carbocycles. The third-order valence-electron chi connectivity index (χ3n) is 4.09. The van der Waals surface area contributed by atoms with E-state index in [1.807, 2.05) is 0 Å². The minimum Gasteiger partial charge on any atom is -0.478 e. The zero-order valence-corrected chi connectivity index (χ0v) is 14.5. The average Bonchev–Trinajstić information content (AvgIpc) is 2.97. The molecule has 4 nitrogen and oxygen atoms in total. The van der Waals surface area contributed by atoms with Crippen molar-refractivity contribution in [1.82, 2.24) is 0 Å². The van der Waals surface area contributed by atoms with Crippen LogP contribution in [0.5, 0.6) is 5.75 Å². The molecule has 0 bridgehead atoms. The maximum Gasteiger partial charge on any atom is 0.419 e. The van der Waals surface area contributed by atoms with Crippen molar-refractivity contribution >= 4 is 5.97 Å². The number of carboxylic acid groups (broad SMARTS) is 1. The van der Waals surface area contributed by atoms with Crippen molar-refractivity contribution in [1.29, 1.82) is 0 Å². The summed E-state index contributed by atoms with van der Waals surface area (Å²) in [5, 5.41) is 9.06. The van der Waals surface area contributed by atoms with Gasteiger partial charge in [-0.15, -0.1) is 0 Å². The van der Waals surface area contributed by atoms with E-state index in [9.17, 15) is 18.0 Å². The number of alkyl halides is 3. The monoisotopic (exact) mass is 360 g/mol. The molecule has 1 fully saturated rings. The molecule has 25 heavy (non-hydrogen) atoms. The smallest absolute Gasteiger partial charge is 0.419 e. The predicted octanol–water partition coefficient (Wildman–Crippen LogP) is 5.11. The molecule has 2 rings (SSSR count). The van der Waals surface area contributed by atoms with Crippen LogP contribution in [0.4, 0.5) is 13.2 Å². The second-order valence-electron chi connectivity index (χ2n) is 7.37. The molecule has 0 aliphatic heterocycles. The molecule has 7 heteroatoms. The molecule has 0 radical (unpaired) electrons. The van der Waals surface area contributed by atoms with Gasteiger partial charge in [0.25, 0.3) is 0 Å². The largest absolute Gasteiger partial charge is 0.478 e. The maximum atomic E-state index is 13.3. The van der Waals surface area contributed by atoms with Crippen LogP contribution in [-0.4, -0.2) is 23.5 Å². The fraction of sp³-hybridized carbons (Fsp3) is 0.611. The van der Waals surface area contributed by atoms with Gasteiger partial charge in [0.2, 0.25) is 6.29 Å². The van der Waals surface area contributed by atoms with Crippen LogP contribution in [0, 0.1) is 5.41 Å². The molecule has 1 N–H and O–H groups in total. The van der Waals surface area contributed by atoms with E-state index >= 15 is 0 Å². The first kappa shape index (κ1) is 19.6. The lowest BCUT2D eigenvalue weighted by Crippen LogP contribution is -2.38. The summed E-state index contributed by atoms with van der Waals surface area (Å²) in [5.74, 6) is -1.84. The van der Waals surface area contributed by atoms with E-state index < -0.39 is 35.2 Å². The Bertz CT molecular complexity index is 614. The third kappa shape index (κ3) is 5.11. The first-order chi connectivity index (χ1) is 11.5. The molecule has 140 valence electrons. The highest BCUT2D eigenvalue weighted by atomic mass is 19.4. The van der Waals surface area contributed by atoms with E-state index in [2.05, 4.69) is 0 Å². The molecule has 1 unspecified atom stereocenters. The van der Waals surface area contributed by atoms with Crippen LogP contribution in [0.25, 0.3) is 0 Å². The van der Waals surface area contributed by atoms with E-state index in [0.29, 0.717) is 0 Å². The molecule has 0 saturated heterocycles. The highest BCUT2D eigenvalue weighted by Crippen LogP contribution is 2.39. The molecular weight excluding hydrogens is 337 g/mol. The fourth-order valence-corrected chi connectivity index (χ4v) is 2.71. The summed E-state index contributed by atoms with van der Waals surface area (Å²) in [4.78, 5) is 11.1. The molecule has 1 atom stereocenters. The number of carbonyl (C=O) groups is 1. The first-order valence-electron chi connectivity index (χ1n) is 8.25. The number of hydrogen-bond acceptors (Lipinski definition) is 3. The van der Waals surface area contributed by atoms with Gasteiger partial charge in [-0.1, -0.05) is 33.6 Å². The lowest BCUT2D eigenvalue weighted by Gasteiger charge is -2.33. The van der Waals surface area contributed by atoms with Crippen molar-refractivity contribution in [3.05, 3.63) is 29.3 Å². The Labute approximate surface area is 144 Å². The van der Waals surface area contributed by atoms with Crippen molar-refractivity contribution < 1.29 is 32.5 Å². The number of benzene rings is 1. The highest BCUT2D eigenvalue weighted by molar-refractivity contribution is 5.88. The van der Waals surface area contributed by atoms with Crippen molar-refractivity contribution in [2.45, 2.75) is 65.0 Å². The molecule has 1 aliphatic rings. The van der Waals surface area contributed by atoms with Gasteiger partial charge in [-0.05, 0) is 31.0 Å². The lowest BCUT2D eigenvalue weighted by molar-refractivity contribution is -0.175. The van der Waals surface area contributed by atoms with Gasteiger partial charge in [0, 0.05) is 5.41 Å². The fourth-order valence-electron chi connectivity index (χ4n) is 2.71. The first-order valence-corrected chi connectivity index (χ1v) is 8.25. The SMILES string of the molecule is CC(C)(C)C(Oc1cc(C(=O)O)ccc1C(F)(F)F)OC1CCCC1. The Morgan fingerprint density at radius 2 is 1.80 bits per heavy atom. The van der Waals surface area contributed by atoms with Crippen molar-refractivity contribution in [2.75, 3.05) is 0 Å². The second kappa shape index (κ2) is 7.23. The van der Waals surface area contributed by atoms with Crippen LogP contribution in [0.1, 0.15) is 62.4 Å². The summed E-state index contributed by atoms with van der Waals surface area (Å²) in [6, 6.07) is 2.55. The Morgan fingerprint density at radius 3 is 2.28 bits per heavy atom. The Kier molecular flexibility index (Phi) is 5.66. The summed E-state index contributed by atoms with van der Waals surface area (Å²) >= 11 is 0. The molecule has 0 spiro atoms. The summed E-state index contributed by atoms with van der Waals surface area (Å²) < 4.78 is 51.3. The average molecular weight is 360 g/mol. The summed E-state index contributed by atoms with van der Waals surface area (Å²) in [6.07, 6.45) is -1.90. The van der Waals surface area contributed by atoms with E-state index in [1.165, 1.54) is 0 Å². The van der Waals surface area contributed by atoms with E-state index in [1.54, 1.807) is 20.8 Å². The Hall–Kier alpha value is -1.76.